The largest absolute Gasteiger partial charge is 0.368 e. The first-order chi connectivity index (χ1) is 15.4. The normalized spacial score (nSPS) is 20.7. The Kier molecular flexibility index (Phi) is 5.20. The number of hydrogen-bond acceptors (Lipinski definition) is 7. The third-order valence-corrected chi connectivity index (χ3v) is 7.94. The summed E-state index contributed by atoms with van der Waals surface area (Å²) >= 11 is 0. The first-order valence-electron chi connectivity index (χ1n) is 10.6. The monoisotopic (exact) mass is 456 g/mol. The van der Waals surface area contributed by atoms with E-state index in [4.69, 9.17) is 0 Å². The predicted molar refractivity (Wildman–Crippen MR) is 119 cm³/mol. The number of sulfone groups is 1. The van der Waals surface area contributed by atoms with E-state index >= 15 is 0 Å². The molecule has 11 heteroatoms. The van der Waals surface area contributed by atoms with Crippen molar-refractivity contribution in [3.05, 3.63) is 53.2 Å². The molecule has 4 heterocycles. The Morgan fingerprint density at radius 3 is 2.53 bits per heavy atom. The van der Waals surface area contributed by atoms with E-state index in [2.05, 4.69) is 27.1 Å². The highest BCUT2D eigenvalue weighted by atomic mass is 32.2. The number of fused-ring (bicyclic) bond motifs is 1. The topological polar surface area (TPSA) is 110 Å². The SMILES string of the molecule is O=C(Cn1cnc2c(cnn2C2CCS(=O)(=O)C2)c1=O)N1CCN(c2ccccc2)CC1. The molecule has 1 amide bonds. The molecule has 0 N–H and O–H groups in total. The van der Waals surface area contributed by atoms with Crippen LogP contribution in [0.5, 0.6) is 0 Å². The molecule has 0 radical (unpaired) electrons. The summed E-state index contributed by atoms with van der Waals surface area (Å²) in [6.45, 7) is 2.56. The number of nitrogens with zero attached hydrogens (tertiary/aromatic N) is 6. The summed E-state index contributed by atoms with van der Waals surface area (Å²) in [4.78, 5) is 34.1. The summed E-state index contributed by atoms with van der Waals surface area (Å²) in [5.74, 6) is -0.0142. The van der Waals surface area contributed by atoms with Gasteiger partial charge in [0.2, 0.25) is 5.91 Å². The number of anilines is 1. The minimum Gasteiger partial charge on any atom is -0.368 e. The molecule has 2 saturated heterocycles. The van der Waals surface area contributed by atoms with Gasteiger partial charge in [0.1, 0.15) is 18.3 Å². The molecule has 0 bridgehead atoms. The van der Waals surface area contributed by atoms with Crippen molar-refractivity contribution in [3.63, 3.8) is 0 Å². The van der Waals surface area contributed by atoms with Gasteiger partial charge >= 0.3 is 0 Å². The maximum absolute atomic E-state index is 12.9. The van der Waals surface area contributed by atoms with E-state index in [1.807, 2.05) is 18.2 Å². The van der Waals surface area contributed by atoms with Crippen LogP contribution < -0.4 is 10.5 Å². The van der Waals surface area contributed by atoms with Crippen LogP contribution in [0.3, 0.4) is 0 Å². The van der Waals surface area contributed by atoms with Gasteiger partial charge in [-0.1, -0.05) is 18.2 Å². The fraction of sp³-hybridized carbons (Fsp3) is 0.429. The second kappa shape index (κ2) is 8.05. The Hall–Kier alpha value is -3.21. The molecule has 168 valence electrons. The fourth-order valence-corrected chi connectivity index (χ4v) is 6.11. The highest BCUT2D eigenvalue weighted by Gasteiger charge is 2.31. The van der Waals surface area contributed by atoms with E-state index in [1.165, 1.54) is 21.8 Å². The number of piperazine rings is 1. The zero-order valence-electron chi connectivity index (χ0n) is 17.5. The second-order valence-electron chi connectivity index (χ2n) is 8.26. The first-order valence-corrected chi connectivity index (χ1v) is 12.4. The highest BCUT2D eigenvalue weighted by molar-refractivity contribution is 7.91. The van der Waals surface area contributed by atoms with Gasteiger partial charge in [0.15, 0.2) is 15.5 Å². The second-order valence-corrected chi connectivity index (χ2v) is 10.5. The Labute approximate surface area is 185 Å². The van der Waals surface area contributed by atoms with Gasteiger partial charge in [0.05, 0.1) is 23.7 Å². The van der Waals surface area contributed by atoms with Crippen LogP contribution in [-0.4, -0.2) is 76.2 Å². The smallest absolute Gasteiger partial charge is 0.264 e. The molecule has 1 aromatic carbocycles. The van der Waals surface area contributed by atoms with Gasteiger partial charge in [-0.3, -0.25) is 14.2 Å². The summed E-state index contributed by atoms with van der Waals surface area (Å²) < 4.78 is 26.4. The van der Waals surface area contributed by atoms with Crippen molar-refractivity contribution >= 4 is 32.5 Å². The minimum atomic E-state index is -3.08. The molecule has 2 aliphatic rings. The summed E-state index contributed by atoms with van der Waals surface area (Å²) in [5, 5.41) is 4.52. The lowest BCUT2D eigenvalue weighted by Crippen LogP contribution is -2.50. The first kappa shape index (κ1) is 20.7. The molecule has 0 saturated carbocycles. The van der Waals surface area contributed by atoms with E-state index in [0.717, 1.165) is 18.8 Å². The van der Waals surface area contributed by atoms with Gasteiger partial charge in [0.25, 0.3) is 5.56 Å². The summed E-state index contributed by atoms with van der Waals surface area (Å²) in [7, 11) is -3.08. The number of rotatable bonds is 4. The molecule has 5 rings (SSSR count). The van der Waals surface area contributed by atoms with Gasteiger partial charge in [-0.25, -0.2) is 18.1 Å². The molecule has 0 aliphatic carbocycles. The van der Waals surface area contributed by atoms with Crippen molar-refractivity contribution < 1.29 is 13.2 Å². The van der Waals surface area contributed by atoms with Crippen molar-refractivity contribution in [1.82, 2.24) is 24.2 Å². The van der Waals surface area contributed by atoms with Crippen LogP contribution in [0.1, 0.15) is 12.5 Å². The standard InChI is InChI=1S/C21H24N6O4S/c28-19(25-9-7-24(8-10-25)16-4-2-1-3-5-16)13-26-15-22-20-18(21(26)29)12-23-27(20)17-6-11-32(30,31)14-17/h1-5,12,15,17H,6-11,13-14H2. The molecule has 1 atom stereocenters. The van der Waals surface area contributed by atoms with Crippen molar-refractivity contribution in [2.24, 2.45) is 0 Å². The maximum Gasteiger partial charge on any atom is 0.264 e. The van der Waals surface area contributed by atoms with E-state index in [1.54, 1.807) is 4.90 Å². The summed E-state index contributed by atoms with van der Waals surface area (Å²) in [6, 6.07) is 9.76. The van der Waals surface area contributed by atoms with Crippen molar-refractivity contribution in [2.45, 2.75) is 19.0 Å². The Morgan fingerprint density at radius 2 is 1.84 bits per heavy atom. The molecule has 2 fully saturated rings. The van der Waals surface area contributed by atoms with Crippen LogP contribution in [0.4, 0.5) is 5.69 Å². The molecule has 1 unspecified atom stereocenters. The molecule has 0 spiro atoms. The number of para-hydroxylation sites is 1. The van der Waals surface area contributed by atoms with Crippen LogP contribution in [0.15, 0.2) is 47.7 Å². The lowest BCUT2D eigenvalue weighted by Gasteiger charge is -2.36. The predicted octanol–water partition coefficient (Wildman–Crippen LogP) is 0.301. The molecule has 10 nitrogen and oxygen atoms in total. The average molecular weight is 457 g/mol. The summed E-state index contributed by atoms with van der Waals surface area (Å²) in [6.07, 6.45) is 3.22. The van der Waals surface area contributed by atoms with E-state index in [-0.39, 0.29) is 35.6 Å². The van der Waals surface area contributed by atoms with Crippen molar-refractivity contribution in [2.75, 3.05) is 42.6 Å². The lowest BCUT2D eigenvalue weighted by atomic mass is 10.2. The zero-order chi connectivity index (χ0) is 22.3. The third-order valence-electron chi connectivity index (χ3n) is 6.19. The third kappa shape index (κ3) is 3.88. The number of carbonyl (C=O) groups is 1. The van der Waals surface area contributed by atoms with Crippen LogP contribution in [0.2, 0.25) is 0 Å². The van der Waals surface area contributed by atoms with Gasteiger partial charge in [-0.15, -0.1) is 0 Å². The highest BCUT2D eigenvalue weighted by Crippen LogP contribution is 2.25. The molecule has 2 aromatic heterocycles. The molecule has 32 heavy (non-hydrogen) atoms. The molecule has 2 aliphatic heterocycles. The molecular weight excluding hydrogens is 432 g/mol. The fourth-order valence-electron chi connectivity index (χ4n) is 4.41. The lowest BCUT2D eigenvalue weighted by molar-refractivity contribution is -0.132. The van der Waals surface area contributed by atoms with E-state index < -0.39 is 9.84 Å². The number of hydrogen-bond donors (Lipinski definition) is 0. The van der Waals surface area contributed by atoms with Crippen molar-refractivity contribution in [3.8, 4) is 0 Å². The number of amides is 1. The number of aromatic nitrogens is 4. The van der Waals surface area contributed by atoms with Crippen molar-refractivity contribution in [1.29, 1.82) is 0 Å². The Bertz CT molecular complexity index is 1310. The quantitative estimate of drug-likeness (QED) is 0.555. The van der Waals surface area contributed by atoms with Crippen LogP contribution in [0.25, 0.3) is 11.0 Å². The van der Waals surface area contributed by atoms with Gasteiger partial charge < -0.3 is 9.80 Å². The Balaban J connectivity index is 1.28. The minimum absolute atomic E-state index is 0.00197. The van der Waals surface area contributed by atoms with Crippen LogP contribution >= 0.6 is 0 Å². The number of carbonyl (C=O) groups excluding carboxylic acids is 1. The molecular formula is C21H24N6O4S. The number of benzene rings is 1. The Morgan fingerprint density at radius 1 is 1.09 bits per heavy atom. The van der Waals surface area contributed by atoms with Crippen LogP contribution in [-0.2, 0) is 21.2 Å². The van der Waals surface area contributed by atoms with Crippen LogP contribution in [0, 0.1) is 0 Å². The van der Waals surface area contributed by atoms with Gasteiger partial charge in [-0.05, 0) is 18.6 Å². The van der Waals surface area contributed by atoms with E-state index in [0.29, 0.717) is 30.5 Å². The molecule has 3 aromatic rings. The van der Waals surface area contributed by atoms with E-state index in [9.17, 15) is 18.0 Å². The average Bonchev–Trinajstić information content (AvgIpc) is 3.39. The zero-order valence-corrected chi connectivity index (χ0v) is 18.3. The maximum atomic E-state index is 12.9. The summed E-state index contributed by atoms with van der Waals surface area (Å²) in [5.41, 5.74) is 1.15. The van der Waals surface area contributed by atoms with Gasteiger partial charge in [-0.2, -0.15) is 5.10 Å². The van der Waals surface area contributed by atoms with Gasteiger partial charge in [0, 0.05) is 31.9 Å².